The number of ether oxygens (including phenoxy) is 1. The molecule has 2 aromatic rings. The van der Waals surface area contributed by atoms with Crippen LogP contribution in [0.5, 0.6) is 5.75 Å². The first-order valence-electron chi connectivity index (χ1n) is 9.75. The van der Waals surface area contributed by atoms with Crippen LogP contribution in [0.2, 0.25) is 0 Å². The number of nitrogens with zero attached hydrogens (tertiary/aromatic N) is 2. The maximum atomic E-state index is 12.6. The summed E-state index contributed by atoms with van der Waals surface area (Å²) >= 11 is 0. The van der Waals surface area contributed by atoms with Crippen molar-refractivity contribution >= 4 is 15.9 Å². The number of carbonyl (C=O) groups excluding carboxylic acids is 1. The van der Waals surface area contributed by atoms with Crippen LogP contribution in [0.4, 0.5) is 0 Å². The fourth-order valence-electron chi connectivity index (χ4n) is 3.54. The Kier molecular flexibility index (Phi) is 6.59. The number of hydrogen-bond acceptors (Lipinski definition) is 6. The molecule has 0 unspecified atom stereocenters. The number of likely N-dealkylation sites (tertiary alicyclic amines) is 1. The Hall–Kier alpha value is -2.39. The normalized spacial score (nSPS) is 15.5. The summed E-state index contributed by atoms with van der Waals surface area (Å²) in [7, 11) is -3.69. The Bertz CT molecular complexity index is 925. The van der Waals surface area contributed by atoms with Crippen LogP contribution in [0.3, 0.4) is 0 Å². The minimum Gasteiger partial charge on any atom is -0.494 e. The summed E-state index contributed by atoms with van der Waals surface area (Å²) in [6.45, 7) is 6.75. The second kappa shape index (κ2) is 8.96. The number of hydrogen-bond donors (Lipinski definition) is 1. The van der Waals surface area contributed by atoms with Crippen LogP contribution in [-0.4, -0.2) is 50.1 Å². The van der Waals surface area contributed by atoms with Crippen molar-refractivity contribution in [2.45, 2.75) is 51.0 Å². The Labute approximate surface area is 171 Å². The van der Waals surface area contributed by atoms with Gasteiger partial charge in [-0.05, 0) is 51.3 Å². The van der Waals surface area contributed by atoms with E-state index in [1.165, 1.54) is 0 Å². The predicted octanol–water partition coefficient (Wildman–Crippen LogP) is 2.20. The number of aryl methyl sites for hydroxylation is 2. The first kappa shape index (κ1) is 21.3. The summed E-state index contributed by atoms with van der Waals surface area (Å²) in [5.41, 5.74) is 1.28. The molecule has 0 saturated carbocycles. The van der Waals surface area contributed by atoms with E-state index in [1.54, 1.807) is 18.7 Å². The van der Waals surface area contributed by atoms with E-state index in [0.29, 0.717) is 44.7 Å². The number of nitrogens with one attached hydrogen (secondary N) is 1. The van der Waals surface area contributed by atoms with Gasteiger partial charge in [-0.25, -0.2) is 13.1 Å². The van der Waals surface area contributed by atoms with Crippen molar-refractivity contribution in [2.75, 3.05) is 19.7 Å². The monoisotopic (exact) mass is 421 g/mol. The molecule has 1 amide bonds. The molecule has 0 radical (unpaired) electrons. The maximum absolute atomic E-state index is 12.6. The topological polar surface area (TPSA) is 102 Å². The lowest BCUT2D eigenvalue weighted by Crippen LogP contribution is -2.47. The molecule has 1 aromatic heterocycles. The number of amides is 1. The van der Waals surface area contributed by atoms with E-state index in [2.05, 4.69) is 9.88 Å². The van der Waals surface area contributed by atoms with Gasteiger partial charge in [-0.3, -0.25) is 4.79 Å². The minimum atomic E-state index is -3.69. The molecule has 0 spiro atoms. The van der Waals surface area contributed by atoms with Gasteiger partial charge in [0.05, 0.1) is 13.0 Å². The molecule has 3 rings (SSSR count). The number of carbonyl (C=O) groups is 1. The van der Waals surface area contributed by atoms with E-state index >= 15 is 0 Å². The largest absolute Gasteiger partial charge is 0.494 e. The van der Waals surface area contributed by atoms with Crippen molar-refractivity contribution in [3.8, 4) is 5.75 Å². The van der Waals surface area contributed by atoms with Crippen LogP contribution >= 0.6 is 0 Å². The van der Waals surface area contributed by atoms with Crippen LogP contribution in [0.1, 0.15) is 36.8 Å². The van der Waals surface area contributed by atoms with Crippen molar-refractivity contribution in [2.24, 2.45) is 0 Å². The second-order valence-electron chi connectivity index (χ2n) is 7.18. The molecular weight excluding hydrogens is 394 g/mol. The van der Waals surface area contributed by atoms with Gasteiger partial charge in [-0.2, -0.15) is 0 Å². The third kappa shape index (κ3) is 5.16. The highest BCUT2D eigenvalue weighted by Crippen LogP contribution is 2.21. The zero-order chi connectivity index (χ0) is 21.0. The molecule has 1 fully saturated rings. The zero-order valence-corrected chi connectivity index (χ0v) is 17.8. The van der Waals surface area contributed by atoms with Crippen LogP contribution in [0, 0.1) is 13.8 Å². The average Bonchev–Trinajstić information content (AvgIpc) is 3.03. The Balaban J connectivity index is 1.53. The smallest absolute Gasteiger partial charge is 0.246 e. The molecule has 1 aromatic carbocycles. The Morgan fingerprint density at radius 2 is 1.90 bits per heavy atom. The molecule has 9 heteroatoms. The first-order chi connectivity index (χ1) is 13.8. The summed E-state index contributed by atoms with van der Waals surface area (Å²) in [5, 5.41) is 3.71. The lowest BCUT2D eigenvalue weighted by Gasteiger charge is -2.32. The standard InChI is InChI=1S/C20H27N3O5S/c1-4-27-18-7-5-16(6-8-18)13-19(24)23-11-9-17(10-12-23)22-29(25,26)20-14(2)21-28-15(20)3/h5-8,17,22H,4,9-13H2,1-3H3. The highest BCUT2D eigenvalue weighted by molar-refractivity contribution is 7.89. The molecule has 0 atom stereocenters. The highest BCUT2D eigenvalue weighted by atomic mass is 32.2. The van der Waals surface area contributed by atoms with Crippen LogP contribution in [0.15, 0.2) is 33.7 Å². The fraction of sp³-hybridized carbons (Fsp3) is 0.500. The SMILES string of the molecule is CCOc1ccc(CC(=O)N2CCC(NS(=O)(=O)c3c(C)noc3C)CC2)cc1. The molecule has 29 heavy (non-hydrogen) atoms. The lowest BCUT2D eigenvalue weighted by molar-refractivity contribution is -0.131. The van der Waals surface area contributed by atoms with Gasteiger partial charge in [-0.1, -0.05) is 17.3 Å². The number of aromatic nitrogens is 1. The molecule has 1 N–H and O–H groups in total. The summed E-state index contributed by atoms with van der Waals surface area (Å²) < 4.78 is 38.4. The van der Waals surface area contributed by atoms with Gasteiger partial charge in [0.2, 0.25) is 15.9 Å². The molecule has 0 bridgehead atoms. The minimum absolute atomic E-state index is 0.0428. The van der Waals surface area contributed by atoms with Crippen molar-refractivity contribution < 1.29 is 22.5 Å². The molecule has 1 aliphatic heterocycles. The van der Waals surface area contributed by atoms with Crippen molar-refractivity contribution in [1.82, 2.24) is 14.8 Å². The maximum Gasteiger partial charge on any atom is 0.246 e. The Morgan fingerprint density at radius 3 is 2.45 bits per heavy atom. The van der Waals surface area contributed by atoms with Crippen LogP contribution < -0.4 is 9.46 Å². The predicted molar refractivity (Wildman–Crippen MR) is 107 cm³/mol. The van der Waals surface area contributed by atoms with E-state index in [9.17, 15) is 13.2 Å². The quantitative estimate of drug-likeness (QED) is 0.735. The summed E-state index contributed by atoms with van der Waals surface area (Å²) in [6, 6.07) is 7.30. The molecule has 2 heterocycles. The van der Waals surface area contributed by atoms with Gasteiger partial charge >= 0.3 is 0 Å². The van der Waals surface area contributed by atoms with E-state index in [1.807, 2.05) is 31.2 Å². The summed E-state index contributed by atoms with van der Waals surface area (Å²) in [6.07, 6.45) is 1.46. The zero-order valence-electron chi connectivity index (χ0n) is 17.0. The molecule has 158 valence electrons. The van der Waals surface area contributed by atoms with Gasteiger partial charge in [0.25, 0.3) is 0 Å². The van der Waals surface area contributed by atoms with E-state index in [-0.39, 0.29) is 22.6 Å². The Morgan fingerprint density at radius 1 is 1.24 bits per heavy atom. The number of rotatable bonds is 7. The molecular formula is C20H27N3O5S. The van der Waals surface area contributed by atoms with Crippen molar-refractivity contribution in [3.63, 3.8) is 0 Å². The average molecular weight is 422 g/mol. The molecule has 1 aliphatic rings. The number of sulfonamides is 1. The van der Waals surface area contributed by atoms with Crippen LogP contribution in [0.25, 0.3) is 0 Å². The first-order valence-corrected chi connectivity index (χ1v) is 11.2. The summed E-state index contributed by atoms with van der Waals surface area (Å²) in [5.74, 6) is 1.11. The van der Waals surface area contributed by atoms with Crippen LogP contribution in [-0.2, 0) is 21.2 Å². The van der Waals surface area contributed by atoms with Gasteiger partial charge in [0, 0.05) is 19.1 Å². The van der Waals surface area contributed by atoms with E-state index in [0.717, 1.165) is 11.3 Å². The third-order valence-electron chi connectivity index (χ3n) is 5.00. The fourth-order valence-corrected chi connectivity index (χ4v) is 5.17. The van der Waals surface area contributed by atoms with Crippen molar-refractivity contribution in [1.29, 1.82) is 0 Å². The molecule has 1 saturated heterocycles. The van der Waals surface area contributed by atoms with Gasteiger partial charge in [-0.15, -0.1) is 0 Å². The van der Waals surface area contributed by atoms with E-state index < -0.39 is 10.0 Å². The van der Waals surface area contributed by atoms with Crippen molar-refractivity contribution in [3.05, 3.63) is 41.3 Å². The van der Waals surface area contributed by atoms with Gasteiger partial charge in [0.1, 0.15) is 16.3 Å². The van der Waals surface area contributed by atoms with E-state index in [4.69, 9.17) is 9.26 Å². The molecule has 0 aliphatic carbocycles. The number of piperidine rings is 1. The van der Waals surface area contributed by atoms with Gasteiger partial charge in [0.15, 0.2) is 5.76 Å². The third-order valence-corrected chi connectivity index (χ3v) is 6.76. The molecule has 8 nitrogen and oxygen atoms in total. The summed E-state index contributed by atoms with van der Waals surface area (Å²) in [4.78, 5) is 14.5. The number of benzene rings is 1. The van der Waals surface area contributed by atoms with Gasteiger partial charge < -0.3 is 14.2 Å². The second-order valence-corrected chi connectivity index (χ2v) is 8.83. The highest BCUT2D eigenvalue weighted by Gasteiger charge is 2.30. The lowest BCUT2D eigenvalue weighted by atomic mass is 10.0.